The number of aromatic nitrogens is 2. The van der Waals surface area contributed by atoms with Crippen LogP contribution in [0.5, 0.6) is 5.75 Å². The summed E-state index contributed by atoms with van der Waals surface area (Å²) in [6.45, 7) is 3.68. The summed E-state index contributed by atoms with van der Waals surface area (Å²) in [6, 6.07) is 6.53. The van der Waals surface area contributed by atoms with Crippen LogP contribution >= 0.6 is 0 Å². The third kappa shape index (κ3) is 6.48. The van der Waals surface area contributed by atoms with Crippen molar-refractivity contribution in [2.75, 3.05) is 44.3 Å². The van der Waals surface area contributed by atoms with Gasteiger partial charge < -0.3 is 24.3 Å². The summed E-state index contributed by atoms with van der Waals surface area (Å²) < 4.78 is 49.7. The Kier molecular flexibility index (Phi) is 8.12. The summed E-state index contributed by atoms with van der Waals surface area (Å²) in [5.41, 5.74) is -2.19. The van der Waals surface area contributed by atoms with E-state index < -0.39 is 29.2 Å². The van der Waals surface area contributed by atoms with Crippen LogP contribution in [-0.4, -0.2) is 66.3 Å². The number of nitriles is 1. The second kappa shape index (κ2) is 11.0. The van der Waals surface area contributed by atoms with E-state index in [-0.39, 0.29) is 25.5 Å². The van der Waals surface area contributed by atoms with Crippen molar-refractivity contribution < 1.29 is 27.4 Å². The maximum Gasteiger partial charge on any atom is 0.425 e. The first-order chi connectivity index (χ1) is 16.2. The second-order valence-electron chi connectivity index (χ2n) is 7.66. The Morgan fingerprint density at radius 1 is 1.24 bits per heavy atom. The highest BCUT2D eigenvalue weighted by atomic mass is 19.4. The van der Waals surface area contributed by atoms with Gasteiger partial charge in [0.25, 0.3) is 5.56 Å². The number of anilines is 1. The van der Waals surface area contributed by atoms with E-state index >= 15 is 0 Å². The number of carbonyl (C=O) groups is 1. The molecular formula is C22H24F3N5O4. The fourth-order valence-electron chi connectivity index (χ4n) is 3.51. The molecule has 1 fully saturated rings. The minimum atomic E-state index is -4.84. The maximum absolute atomic E-state index is 13.0. The summed E-state index contributed by atoms with van der Waals surface area (Å²) in [5, 5.41) is 8.86. The number of H-pyrrole nitrogens is 1. The maximum atomic E-state index is 13.0. The van der Waals surface area contributed by atoms with Gasteiger partial charge in [-0.3, -0.25) is 9.59 Å². The Balaban J connectivity index is 1.40. The number of halogens is 3. The van der Waals surface area contributed by atoms with E-state index in [1.54, 1.807) is 24.0 Å². The first-order valence-corrected chi connectivity index (χ1v) is 10.6. The topological polar surface area (TPSA) is 112 Å². The number of hydrogen-bond donors (Lipinski definition) is 1. The third-order valence-electron chi connectivity index (χ3n) is 5.24. The predicted octanol–water partition coefficient (Wildman–Crippen LogP) is 2.18. The smallest absolute Gasteiger partial charge is 0.425 e. The van der Waals surface area contributed by atoms with Gasteiger partial charge in [-0.15, -0.1) is 0 Å². The molecule has 1 aliphatic rings. The highest BCUT2D eigenvalue weighted by molar-refractivity contribution is 5.77. The molecule has 1 atom stereocenters. The van der Waals surface area contributed by atoms with Crippen LogP contribution in [0.2, 0.25) is 0 Å². The molecule has 34 heavy (non-hydrogen) atoms. The summed E-state index contributed by atoms with van der Waals surface area (Å²) >= 11 is 0. The van der Waals surface area contributed by atoms with E-state index in [2.05, 4.69) is 4.98 Å². The van der Waals surface area contributed by atoms with Gasteiger partial charge in [0.1, 0.15) is 24.2 Å². The van der Waals surface area contributed by atoms with Crippen LogP contribution in [0, 0.1) is 11.3 Å². The highest BCUT2D eigenvalue weighted by Gasteiger charge is 2.37. The van der Waals surface area contributed by atoms with Crippen LogP contribution in [0.15, 0.2) is 35.4 Å². The van der Waals surface area contributed by atoms with Gasteiger partial charge in [0.15, 0.2) is 5.56 Å². The molecule has 2 aromatic heterocycles. The van der Waals surface area contributed by atoms with Gasteiger partial charge in [0, 0.05) is 38.6 Å². The van der Waals surface area contributed by atoms with Crippen molar-refractivity contribution in [3.8, 4) is 11.8 Å². The van der Waals surface area contributed by atoms with Crippen LogP contribution < -0.4 is 15.2 Å². The molecule has 182 valence electrons. The fourth-order valence-corrected chi connectivity index (χ4v) is 3.51. The first-order valence-electron chi connectivity index (χ1n) is 10.6. The molecule has 0 radical (unpaired) electrons. The second-order valence-corrected chi connectivity index (χ2v) is 7.66. The van der Waals surface area contributed by atoms with Crippen LogP contribution in [0.3, 0.4) is 0 Å². The van der Waals surface area contributed by atoms with Gasteiger partial charge in [-0.05, 0) is 25.1 Å². The van der Waals surface area contributed by atoms with Crippen molar-refractivity contribution in [2.45, 2.75) is 25.6 Å². The van der Waals surface area contributed by atoms with E-state index in [0.29, 0.717) is 31.7 Å². The zero-order chi connectivity index (χ0) is 24.7. The van der Waals surface area contributed by atoms with E-state index in [1.807, 2.05) is 16.0 Å². The van der Waals surface area contributed by atoms with Crippen molar-refractivity contribution in [3.05, 3.63) is 52.1 Å². The lowest BCUT2D eigenvalue weighted by Gasteiger charge is -2.35. The van der Waals surface area contributed by atoms with Gasteiger partial charge in [-0.2, -0.15) is 18.4 Å². The Morgan fingerprint density at radius 3 is 2.59 bits per heavy atom. The lowest BCUT2D eigenvalue weighted by Crippen LogP contribution is -2.49. The van der Waals surface area contributed by atoms with E-state index in [1.165, 1.54) is 6.20 Å². The Bertz CT molecular complexity index is 1070. The monoisotopic (exact) mass is 479 g/mol. The standard InChI is InChI=1S/C22H24F3N5O4/c1-15(33-10-11-34-17-4-5-27-21(32)20(17)22(23,24)25)12-19(31)30-8-6-29(7-9-30)18-3-2-16(13-26)14-28-18/h2-5,14-15H,6-12H2,1H3,(H,27,32). The van der Waals surface area contributed by atoms with Crippen molar-refractivity contribution >= 4 is 11.7 Å². The third-order valence-corrected chi connectivity index (χ3v) is 5.24. The summed E-state index contributed by atoms with van der Waals surface area (Å²) in [4.78, 5) is 34.0. The number of rotatable bonds is 8. The van der Waals surface area contributed by atoms with E-state index in [4.69, 9.17) is 14.7 Å². The van der Waals surface area contributed by atoms with Gasteiger partial charge in [0.2, 0.25) is 5.91 Å². The molecule has 0 saturated carbocycles. The molecule has 1 N–H and O–H groups in total. The SMILES string of the molecule is CC(CC(=O)N1CCN(c2ccc(C#N)cn2)CC1)OCCOc1cc[nH]c(=O)c1C(F)(F)F. The average molecular weight is 479 g/mol. The number of amides is 1. The molecule has 1 saturated heterocycles. The van der Waals surface area contributed by atoms with Gasteiger partial charge >= 0.3 is 6.18 Å². The number of hydrogen-bond acceptors (Lipinski definition) is 7. The number of aromatic amines is 1. The molecule has 1 aliphatic heterocycles. The van der Waals surface area contributed by atoms with Crippen LogP contribution in [0.25, 0.3) is 0 Å². The number of piperazine rings is 1. The fraction of sp³-hybridized carbons (Fsp3) is 0.455. The molecular weight excluding hydrogens is 455 g/mol. The van der Waals surface area contributed by atoms with Crippen LogP contribution in [0.4, 0.5) is 19.0 Å². The van der Waals surface area contributed by atoms with Crippen molar-refractivity contribution in [3.63, 3.8) is 0 Å². The first kappa shape index (κ1) is 25.0. The molecule has 0 aromatic carbocycles. The molecule has 3 heterocycles. The summed E-state index contributed by atoms with van der Waals surface area (Å²) in [6.07, 6.45) is -2.60. The number of carbonyl (C=O) groups excluding carboxylic acids is 1. The Hall–Kier alpha value is -3.59. The molecule has 9 nitrogen and oxygen atoms in total. The largest absolute Gasteiger partial charge is 0.490 e. The lowest BCUT2D eigenvalue weighted by atomic mass is 10.2. The van der Waals surface area contributed by atoms with E-state index in [0.717, 1.165) is 18.1 Å². The average Bonchev–Trinajstić information content (AvgIpc) is 2.81. The molecule has 12 heteroatoms. The lowest BCUT2D eigenvalue weighted by molar-refractivity contribution is -0.140. The Labute approximate surface area is 193 Å². The number of pyridine rings is 2. The zero-order valence-electron chi connectivity index (χ0n) is 18.5. The normalized spacial score (nSPS) is 15.0. The number of alkyl halides is 3. The molecule has 3 rings (SSSR count). The summed E-state index contributed by atoms with van der Waals surface area (Å²) in [5.74, 6) is 0.0879. The molecule has 0 aliphatic carbocycles. The molecule has 1 amide bonds. The van der Waals surface area contributed by atoms with Gasteiger partial charge in [0.05, 0.1) is 24.7 Å². The van der Waals surface area contributed by atoms with Crippen molar-refractivity contribution in [2.24, 2.45) is 0 Å². The molecule has 2 aromatic rings. The van der Waals surface area contributed by atoms with Crippen molar-refractivity contribution in [1.82, 2.24) is 14.9 Å². The Morgan fingerprint density at radius 2 is 1.97 bits per heavy atom. The molecule has 0 spiro atoms. The number of nitrogens with one attached hydrogen (secondary N) is 1. The quantitative estimate of drug-likeness (QED) is 0.578. The molecule has 0 bridgehead atoms. The highest BCUT2D eigenvalue weighted by Crippen LogP contribution is 2.32. The number of nitrogens with zero attached hydrogens (tertiary/aromatic N) is 4. The summed E-state index contributed by atoms with van der Waals surface area (Å²) in [7, 11) is 0. The van der Waals surface area contributed by atoms with Gasteiger partial charge in [-0.25, -0.2) is 4.98 Å². The minimum absolute atomic E-state index is 0.0450. The predicted molar refractivity (Wildman–Crippen MR) is 115 cm³/mol. The number of ether oxygens (including phenoxy) is 2. The van der Waals surface area contributed by atoms with E-state index in [9.17, 15) is 22.8 Å². The van der Waals surface area contributed by atoms with Gasteiger partial charge in [-0.1, -0.05) is 0 Å². The van der Waals surface area contributed by atoms with Crippen molar-refractivity contribution in [1.29, 1.82) is 5.26 Å². The molecule has 1 unspecified atom stereocenters. The minimum Gasteiger partial charge on any atom is -0.490 e. The van der Waals surface area contributed by atoms with Crippen LogP contribution in [-0.2, 0) is 15.7 Å². The van der Waals surface area contributed by atoms with Crippen LogP contribution in [0.1, 0.15) is 24.5 Å². The zero-order valence-corrected chi connectivity index (χ0v) is 18.5.